The number of aromatic nitrogens is 4. The van der Waals surface area contributed by atoms with Crippen molar-refractivity contribution >= 4 is 39.6 Å². The average Bonchev–Trinajstić information content (AvgIpc) is 3.01. The van der Waals surface area contributed by atoms with Crippen LogP contribution in [-0.4, -0.2) is 32.4 Å². The molecule has 0 atom stereocenters. The summed E-state index contributed by atoms with van der Waals surface area (Å²) in [4.78, 5) is 12.5. The first-order valence-electron chi connectivity index (χ1n) is 6.60. The van der Waals surface area contributed by atoms with Gasteiger partial charge in [0.25, 0.3) is 0 Å². The van der Waals surface area contributed by atoms with E-state index in [1.807, 2.05) is 6.92 Å². The maximum Gasteiger partial charge on any atom is 0.319 e. The minimum atomic E-state index is -0.276. The third kappa shape index (κ3) is 3.34. The van der Waals surface area contributed by atoms with E-state index < -0.39 is 0 Å². The molecular formula is C13H13ClN6OS. The molecule has 3 rings (SSSR count). The zero-order chi connectivity index (χ0) is 15.5. The van der Waals surface area contributed by atoms with Crippen molar-refractivity contribution in [1.82, 2.24) is 25.1 Å². The Labute approximate surface area is 135 Å². The molecule has 0 bridgehead atoms. The largest absolute Gasteiger partial charge is 0.337 e. The van der Waals surface area contributed by atoms with Gasteiger partial charge >= 0.3 is 6.03 Å². The van der Waals surface area contributed by atoms with Crippen molar-refractivity contribution in [3.63, 3.8) is 0 Å². The summed E-state index contributed by atoms with van der Waals surface area (Å²) in [6.45, 7) is 2.33. The summed E-state index contributed by atoms with van der Waals surface area (Å²) < 4.78 is 1.70. The minimum Gasteiger partial charge on any atom is -0.337 e. The van der Waals surface area contributed by atoms with Crippen LogP contribution in [0.3, 0.4) is 0 Å². The quantitative estimate of drug-likeness (QED) is 0.766. The standard InChI is InChI=1S/C13H13ClN6OS/c1-8-17-18-13-20(8)19-11(22-13)5-6-15-12(21)16-10-4-2-3-9(14)7-10/h2-4,7H,5-6H2,1H3,(H2,15,16,21). The molecule has 0 unspecified atom stereocenters. The van der Waals surface area contributed by atoms with Crippen molar-refractivity contribution in [3.8, 4) is 0 Å². The fourth-order valence-corrected chi connectivity index (χ4v) is 2.95. The van der Waals surface area contributed by atoms with Crippen LogP contribution in [0, 0.1) is 6.92 Å². The molecule has 0 saturated carbocycles. The summed E-state index contributed by atoms with van der Waals surface area (Å²) >= 11 is 7.33. The molecule has 0 saturated heterocycles. The van der Waals surface area contributed by atoms with Gasteiger partial charge in [0.1, 0.15) is 5.01 Å². The first-order chi connectivity index (χ1) is 10.6. The van der Waals surface area contributed by atoms with E-state index in [-0.39, 0.29) is 6.03 Å². The van der Waals surface area contributed by atoms with Crippen molar-refractivity contribution in [1.29, 1.82) is 0 Å². The Morgan fingerprint density at radius 1 is 1.41 bits per heavy atom. The number of hydrogen-bond acceptors (Lipinski definition) is 5. The molecule has 9 heteroatoms. The molecule has 114 valence electrons. The van der Waals surface area contributed by atoms with Crippen molar-refractivity contribution < 1.29 is 4.79 Å². The van der Waals surface area contributed by atoms with Crippen LogP contribution < -0.4 is 10.6 Å². The third-order valence-electron chi connectivity index (χ3n) is 2.90. The van der Waals surface area contributed by atoms with Crippen LogP contribution in [0.25, 0.3) is 4.96 Å². The highest BCUT2D eigenvalue weighted by atomic mass is 35.5. The Morgan fingerprint density at radius 3 is 3.05 bits per heavy atom. The number of aryl methyl sites for hydroxylation is 1. The molecular weight excluding hydrogens is 324 g/mol. The Kier molecular flexibility index (Phi) is 4.21. The van der Waals surface area contributed by atoms with E-state index in [0.29, 0.717) is 23.7 Å². The Hall–Kier alpha value is -2.19. The molecule has 3 aromatic rings. The summed E-state index contributed by atoms with van der Waals surface area (Å²) in [5.74, 6) is 0.754. The molecule has 7 nitrogen and oxygen atoms in total. The van der Waals surface area contributed by atoms with Gasteiger partial charge in [-0.25, -0.2) is 4.79 Å². The first kappa shape index (κ1) is 14.7. The smallest absolute Gasteiger partial charge is 0.319 e. The predicted octanol–water partition coefficient (Wildman–Crippen LogP) is 2.51. The lowest BCUT2D eigenvalue weighted by Gasteiger charge is -2.06. The fraction of sp³-hybridized carbons (Fsp3) is 0.231. The number of carbonyl (C=O) groups excluding carboxylic acids is 1. The molecule has 0 fully saturated rings. The van der Waals surface area contributed by atoms with E-state index in [1.54, 1.807) is 28.8 Å². The molecule has 0 aliphatic rings. The molecule has 2 heterocycles. The van der Waals surface area contributed by atoms with E-state index in [9.17, 15) is 4.79 Å². The van der Waals surface area contributed by atoms with Crippen LogP contribution in [0.5, 0.6) is 0 Å². The number of nitrogens with one attached hydrogen (secondary N) is 2. The molecule has 2 aromatic heterocycles. The van der Waals surface area contributed by atoms with E-state index in [4.69, 9.17) is 11.6 Å². The van der Waals surface area contributed by atoms with Crippen LogP contribution in [0.15, 0.2) is 24.3 Å². The number of anilines is 1. The zero-order valence-corrected chi connectivity index (χ0v) is 13.3. The lowest BCUT2D eigenvalue weighted by atomic mass is 10.3. The molecule has 0 aliphatic heterocycles. The Morgan fingerprint density at radius 2 is 2.27 bits per heavy atom. The first-order valence-corrected chi connectivity index (χ1v) is 7.79. The van der Waals surface area contributed by atoms with E-state index in [2.05, 4.69) is 25.9 Å². The summed E-state index contributed by atoms with van der Waals surface area (Å²) in [7, 11) is 0. The lowest BCUT2D eigenvalue weighted by Crippen LogP contribution is -2.30. The van der Waals surface area contributed by atoms with Gasteiger partial charge in [-0.15, -0.1) is 10.2 Å². The topological polar surface area (TPSA) is 84.2 Å². The number of nitrogens with zero attached hydrogens (tertiary/aromatic N) is 4. The highest BCUT2D eigenvalue weighted by molar-refractivity contribution is 7.16. The number of halogens is 1. The summed E-state index contributed by atoms with van der Waals surface area (Å²) in [5.41, 5.74) is 0.652. The van der Waals surface area contributed by atoms with Crippen molar-refractivity contribution in [2.75, 3.05) is 11.9 Å². The summed E-state index contributed by atoms with van der Waals surface area (Å²) in [6, 6.07) is 6.71. The molecule has 0 spiro atoms. The van der Waals surface area contributed by atoms with Crippen molar-refractivity contribution in [2.45, 2.75) is 13.3 Å². The molecule has 1 aromatic carbocycles. The highest BCUT2D eigenvalue weighted by Crippen LogP contribution is 2.15. The number of hydrogen-bond donors (Lipinski definition) is 2. The van der Waals surface area contributed by atoms with Crippen LogP contribution in [0.2, 0.25) is 5.02 Å². The minimum absolute atomic E-state index is 0.276. The second-order valence-electron chi connectivity index (χ2n) is 4.58. The fourth-order valence-electron chi connectivity index (χ4n) is 1.88. The monoisotopic (exact) mass is 336 g/mol. The van der Waals surface area contributed by atoms with Crippen LogP contribution >= 0.6 is 22.9 Å². The van der Waals surface area contributed by atoms with Gasteiger partial charge in [0, 0.05) is 23.7 Å². The van der Waals surface area contributed by atoms with Crippen LogP contribution in [0.4, 0.5) is 10.5 Å². The van der Waals surface area contributed by atoms with Gasteiger partial charge in [-0.05, 0) is 25.1 Å². The van der Waals surface area contributed by atoms with Gasteiger partial charge in [0.2, 0.25) is 4.96 Å². The van der Waals surface area contributed by atoms with E-state index in [1.165, 1.54) is 11.3 Å². The van der Waals surface area contributed by atoms with Gasteiger partial charge < -0.3 is 10.6 Å². The summed E-state index contributed by atoms with van der Waals surface area (Å²) in [6.07, 6.45) is 0.635. The van der Waals surface area contributed by atoms with Crippen molar-refractivity contribution in [2.24, 2.45) is 0 Å². The molecule has 0 aliphatic carbocycles. The van der Waals surface area contributed by atoms with Gasteiger partial charge in [-0.2, -0.15) is 9.61 Å². The SMILES string of the molecule is Cc1nnc2sc(CCNC(=O)Nc3cccc(Cl)c3)nn12. The second kappa shape index (κ2) is 6.29. The number of rotatable bonds is 4. The average molecular weight is 337 g/mol. The number of benzene rings is 1. The number of amides is 2. The molecule has 0 radical (unpaired) electrons. The van der Waals surface area contributed by atoms with E-state index in [0.717, 1.165) is 15.8 Å². The van der Waals surface area contributed by atoms with Gasteiger partial charge in [0.05, 0.1) is 0 Å². The number of fused-ring (bicyclic) bond motifs is 1. The Balaban J connectivity index is 1.51. The maximum atomic E-state index is 11.8. The molecule has 2 amide bonds. The Bertz CT molecular complexity index is 814. The van der Waals surface area contributed by atoms with Gasteiger partial charge in [-0.3, -0.25) is 0 Å². The summed E-state index contributed by atoms with van der Waals surface area (Å²) in [5, 5.41) is 19.3. The third-order valence-corrected chi connectivity index (χ3v) is 4.09. The maximum absolute atomic E-state index is 11.8. The van der Waals surface area contributed by atoms with Crippen molar-refractivity contribution in [3.05, 3.63) is 40.1 Å². The van der Waals surface area contributed by atoms with Crippen LogP contribution in [-0.2, 0) is 6.42 Å². The lowest BCUT2D eigenvalue weighted by molar-refractivity contribution is 0.252. The zero-order valence-electron chi connectivity index (χ0n) is 11.7. The van der Waals surface area contributed by atoms with E-state index >= 15 is 0 Å². The van der Waals surface area contributed by atoms with Gasteiger partial charge in [-0.1, -0.05) is 29.0 Å². The number of urea groups is 1. The molecule has 22 heavy (non-hydrogen) atoms. The second-order valence-corrected chi connectivity index (χ2v) is 6.06. The normalized spacial score (nSPS) is 10.8. The van der Waals surface area contributed by atoms with Crippen LogP contribution in [0.1, 0.15) is 10.8 Å². The number of carbonyl (C=O) groups is 1. The highest BCUT2D eigenvalue weighted by Gasteiger charge is 2.09. The van der Waals surface area contributed by atoms with Gasteiger partial charge in [0.15, 0.2) is 5.82 Å². The predicted molar refractivity (Wildman–Crippen MR) is 85.6 cm³/mol. The molecule has 2 N–H and O–H groups in total.